The Kier molecular flexibility index (Phi) is 4.41. The maximum absolute atomic E-state index is 13.4. The van der Waals surface area contributed by atoms with Gasteiger partial charge in [-0.1, -0.05) is 34.1 Å². The zero-order chi connectivity index (χ0) is 20.0. The number of hydroxylamine groups is 1. The van der Waals surface area contributed by atoms with Crippen LogP contribution >= 0.6 is 15.9 Å². The average molecular weight is 450 g/mol. The lowest BCUT2D eigenvalue weighted by Gasteiger charge is -2.28. The predicted molar refractivity (Wildman–Crippen MR) is 111 cm³/mol. The molecule has 0 spiro atoms. The van der Waals surface area contributed by atoms with Crippen molar-refractivity contribution < 1.29 is 14.4 Å². The Labute approximate surface area is 175 Å². The number of hydrogen-bond donors (Lipinski definition) is 0. The third-order valence-corrected chi connectivity index (χ3v) is 5.79. The molecule has 29 heavy (non-hydrogen) atoms. The molecule has 0 N–H and O–H groups in total. The summed E-state index contributed by atoms with van der Waals surface area (Å²) in [6.45, 7) is 0. The van der Waals surface area contributed by atoms with E-state index in [0.29, 0.717) is 5.69 Å². The molecule has 2 aliphatic heterocycles. The van der Waals surface area contributed by atoms with Crippen LogP contribution in [0.5, 0.6) is 0 Å². The molecule has 0 saturated carbocycles. The van der Waals surface area contributed by atoms with Gasteiger partial charge in [0.2, 0.25) is 5.91 Å². The Morgan fingerprint density at radius 1 is 0.828 bits per heavy atom. The number of halogens is 1. The number of imide groups is 1. The number of nitrogens with zero attached hydrogens (tertiary/aromatic N) is 3. The Bertz CT molecular complexity index is 1060. The van der Waals surface area contributed by atoms with Gasteiger partial charge in [-0.05, 0) is 54.1 Å². The van der Waals surface area contributed by atoms with Gasteiger partial charge in [-0.15, -0.1) is 0 Å². The highest BCUT2D eigenvalue weighted by Gasteiger charge is 2.60. The molecule has 1 aromatic heterocycles. The van der Waals surface area contributed by atoms with Crippen molar-refractivity contribution in [3.63, 3.8) is 0 Å². The number of amides is 2. The lowest BCUT2D eigenvalue weighted by atomic mass is 9.91. The lowest BCUT2D eigenvalue weighted by Crippen LogP contribution is -2.37. The van der Waals surface area contributed by atoms with E-state index < -0.39 is 18.1 Å². The minimum Gasteiger partial charge on any atom is -0.273 e. The molecule has 7 heteroatoms. The predicted octanol–water partition coefficient (Wildman–Crippen LogP) is 3.90. The van der Waals surface area contributed by atoms with Gasteiger partial charge in [0.25, 0.3) is 5.91 Å². The highest BCUT2D eigenvalue weighted by atomic mass is 79.9. The first-order valence-corrected chi connectivity index (χ1v) is 9.99. The van der Waals surface area contributed by atoms with Crippen molar-refractivity contribution in [2.45, 2.75) is 12.1 Å². The van der Waals surface area contributed by atoms with E-state index in [-0.39, 0.29) is 11.8 Å². The Balaban J connectivity index is 1.58. The third kappa shape index (κ3) is 2.94. The normalized spacial score (nSPS) is 23.6. The number of carbonyl (C=O) groups excluding carboxylic acids is 2. The van der Waals surface area contributed by atoms with Crippen molar-refractivity contribution in [1.29, 1.82) is 0 Å². The van der Waals surface area contributed by atoms with Crippen LogP contribution in [0.2, 0.25) is 0 Å². The number of para-hydroxylation sites is 1. The van der Waals surface area contributed by atoms with Gasteiger partial charge < -0.3 is 0 Å². The van der Waals surface area contributed by atoms with Gasteiger partial charge in [0, 0.05) is 16.9 Å². The van der Waals surface area contributed by atoms with Crippen LogP contribution in [0.3, 0.4) is 0 Å². The molecule has 144 valence electrons. The summed E-state index contributed by atoms with van der Waals surface area (Å²) in [5.74, 6) is -1.25. The molecule has 2 fully saturated rings. The third-order valence-electron chi connectivity index (χ3n) is 5.26. The maximum atomic E-state index is 13.4. The lowest BCUT2D eigenvalue weighted by molar-refractivity contribution is -0.126. The highest BCUT2D eigenvalue weighted by molar-refractivity contribution is 9.10. The first-order valence-electron chi connectivity index (χ1n) is 9.19. The second kappa shape index (κ2) is 7.09. The van der Waals surface area contributed by atoms with Crippen LogP contribution in [-0.4, -0.2) is 22.9 Å². The number of aromatic nitrogens is 1. The second-order valence-corrected chi connectivity index (χ2v) is 7.84. The zero-order valence-corrected chi connectivity index (χ0v) is 16.8. The van der Waals surface area contributed by atoms with Gasteiger partial charge in [-0.2, -0.15) is 0 Å². The van der Waals surface area contributed by atoms with E-state index in [2.05, 4.69) is 20.9 Å². The van der Waals surface area contributed by atoms with Gasteiger partial charge in [0.05, 0.1) is 17.4 Å². The quantitative estimate of drug-likeness (QED) is 0.567. The van der Waals surface area contributed by atoms with Crippen molar-refractivity contribution in [3.05, 3.63) is 89.2 Å². The van der Waals surface area contributed by atoms with Gasteiger partial charge in [-0.3, -0.25) is 19.4 Å². The number of carbonyl (C=O) groups is 2. The molecular formula is C22H16BrN3O3. The van der Waals surface area contributed by atoms with E-state index >= 15 is 0 Å². The fourth-order valence-electron chi connectivity index (χ4n) is 3.96. The SMILES string of the molecule is O=C1[C@H]2[C@@H](ON(c3ccccc3)[C@H]2c2ccncc2)C(=O)N1c1ccc(Br)cc1. The molecule has 5 rings (SSSR count). The minimum absolute atomic E-state index is 0.262. The molecule has 0 unspecified atom stereocenters. The fourth-order valence-corrected chi connectivity index (χ4v) is 4.22. The Hall–Kier alpha value is -3.03. The van der Waals surface area contributed by atoms with E-state index in [0.717, 1.165) is 15.7 Å². The van der Waals surface area contributed by atoms with E-state index in [1.165, 1.54) is 4.90 Å². The number of rotatable bonds is 3. The van der Waals surface area contributed by atoms with E-state index in [4.69, 9.17) is 4.84 Å². The molecule has 6 nitrogen and oxygen atoms in total. The van der Waals surface area contributed by atoms with E-state index in [1.54, 1.807) is 29.6 Å². The summed E-state index contributed by atoms with van der Waals surface area (Å²) >= 11 is 3.38. The first-order chi connectivity index (χ1) is 14.1. The van der Waals surface area contributed by atoms with Crippen molar-refractivity contribution >= 4 is 39.1 Å². The standard InChI is InChI=1S/C22H16BrN3O3/c23-15-6-8-16(9-7-15)25-21(27)18-19(14-10-12-24-13-11-14)26(29-20(18)22(25)28)17-4-2-1-3-5-17/h1-13,18-20H/t18-,19+,20-/m1/s1. The van der Waals surface area contributed by atoms with Crippen LogP contribution in [-0.2, 0) is 14.4 Å². The number of hydrogen-bond acceptors (Lipinski definition) is 5. The first kappa shape index (κ1) is 18.0. The molecule has 0 bridgehead atoms. The molecular weight excluding hydrogens is 434 g/mol. The Morgan fingerprint density at radius 2 is 1.52 bits per heavy atom. The van der Waals surface area contributed by atoms with Gasteiger partial charge in [0.1, 0.15) is 5.92 Å². The van der Waals surface area contributed by atoms with E-state index in [9.17, 15) is 9.59 Å². The minimum atomic E-state index is -0.871. The molecule has 3 aromatic rings. The molecule has 0 radical (unpaired) electrons. The molecule has 2 aromatic carbocycles. The van der Waals surface area contributed by atoms with Gasteiger partial charge >= 0.3 is 0 Å². The summed E-state index contributed by atoms with van der Waals surface area (Å²) in [6.07, 6.45) is 2.49. The number of benzene rings is 2. The van der Waals surface area contributed by atoms with Crippen molar-refractivity contribution in [1.82, 2.24) is 4.98 Å². The summed E-state index contributed by atoms with van der Waals surface area (Å²) in [5.41, 5.74) is 2.20. The Morgan fingerprint density at radius 3 is 2.21 bits per heavy atom. The summed E-state index contributed by atoms with van der Waals surface area (Å²) in [6, 6.07) is 19.9. The molecule has 2 aliphatic rings. The number of fused-ring (bicyclic) bond motifs is 1. The van der Waals surface area contributed by atoms with Crippen LogP contribution in [0.1, 0.15) is 11.6 Å². The van der Waals surface area contributed by atoms with Crippen molar-refractivity contribution in [3.8, 4) is 0 Å². The van der Waals surface area contributed by atoms with Crippen molar-refractivity contribution in [2.24, 2.45) is 5.92 Å². The molecule has 0 aliphatic carbocycles. The van der Waals surface area contributed by atoms with Crippen LogP contribution < -0.4 is 9.96 Å². The highest BCUT2D eigenvalue weighted by Crippen LogP contribution is 2.47. The smallest absolute Gasteiger partial charge is 0.266 e. The monoisotopic (exact) mass is 449 g/mol. The fraction of sp³-hybridized carbons (Fsp3) is 0.136. The van der Waals surface area contributed by atoms with E-state index in [1.807, 2.05) is 54.6 Å². The molecule has 3 atom stereocenters. The van der Waals surface area contributed by atoms with Crippen LogP contribution in [0.25, 0.3) is 0 Å². The zero-order valence-electron chi connectivity index (χ0n) is 15.2. The summed E-state index contributed by atoms with van der Waals surface area (Å²) < 4.78 is 0.877. The summed E-state index contributed by atoms with van der Waals surface area (Å²) in [4.78, 5) is 38.0. The maximum Gasteiger partial charge on any atom is 0.266 e. The van der Waals surface area contributed by atoms with Crippen LogP contribution in [0, 0.1) is 5.92 Å². The topological polar surface area (TPSA) is 62.7 Å². The van der Waals surface area contributed by atoms with Crippen LogP contribution in [0.4, 0.5) is 11.4 Å². The molecule has 2 amide bonds. The summed E-state index contributed by atoms with van der Waals surface area (Å²) in [5, 5.41) is 1.68. The second-order valence-electron chi connectivity index (χ2n) is 6.93. The average Bonchev–Trinajstić information content (AvgIpc) is 3.27. The molecule has 3 heterocycles. The van der Waals surface area contributed by atoms with Crippen LogP contribution in [0.15, 0.2) is 83.6 Å². The van der Waals surface area contributed by atoms with Gasteiger partial charge in [0.15, 0.2) is 6.10 Å². The summed E-state index contributed by atoms with van der Waals surface area (Å²) in [7, 11) is 0. The largest absolute Gasteiger partial charge is 0.273 e. The van der Waals surface area contributed by atoms with Gasteiger partial charge in [-0.25, -0.2) is 9.96 Å². The number of anilines is 2. The number of pyridine rings is 1. The van der Waals surface area contributed by atoms with Crippen molar-refractivity contribution in [2.75, 3.05) is 9.96 Å². The molecule has 2 saturated heterocycles.